The number of aryl methyl sites for hydroxylation is 4. The Morgan fingerprint density at radius 2 is 1.74 bits per heavy atom. The lowest BCUT2D eigenvalue weighted by Crippen LogP contribution is -2.45. The number of para-hydroxylation sites is 1. The summed E-state index contributed by atoms with van der Waals surface area (Å²) in [5.74, 6) is -0.202. The Morgan fingerprint density at radius 1 is 1.11 bits per heavy atom. The highest BCUT2D eigenvalue weighted by molar-refractivity contribution is 7.92. The summed E-state index contributed by atoms with van der Waals surface area (Å²) in [6, 6.07) is 11.7. The van der Waals surface area contributed by atoms with Crippen molar-refractivity contribution in [2.45, 2.75) is 33.6 Å². The molecule has 1 aliphatic heterocycles. The molecule has 0 radical (unpaired) electrons. The Kier molecular flexibility index (Phi) is 5.29. The van der Waals surface area contributed by atoms with Crippen molar-refractivity contribution in [3.8, 4) is 0 Å². The summed E-state index contributed by atoms with van der Waals surface area (Å²) in [6.07, 6.45) is 2.97. The smallest absolute Gasteiger partial charge is 0.247 e. The summed E-state index contributed by atoms with van der Waals surface area (Å²) in [5.41, 5.74) is 5.39. The highest BCUT2D eigenvalue weighted by Crippen LogP contribution is 2.30. The van der Waals surface area contributed by atoms with Gasteiger partial charge in [-0.05, 0) is 56.4 Å². The van der Waals surface area contributed by atoms with E-state index in [1.165, 1.54) is 4.31 Å². The van der Waals surface area contributed by atoms with Crippen LogP contribution in [0.25, 0.3) is 0 Å². The second-order valence-electron chi connectivity index (χ2n) is 7.29. The summed E-state index contributed by atoms with van der Waals surface area (Å²) in [5, 5.41) is 0. The summed E-state index contributed by atoms with van der Waals surface area (Å²) < 4.78 is 26.3. The first-order valence-electron chi connectivity index (χ1n) is 9.12. The largest absolute Gasteiger partial charge is 0.311 e. The predicted octanol–water partition coefficient (Wildman–Crippen LogP) is 3.36. The van der Waals surface area contributed by atoms with E-state index in [9.17, 15) is 13.2 Å². The number of carbonyl (C=O) groups is 1. The minimum absolute atomic E-state index is 0.197. The van der Waals surface area contributed by atoms with Gasteiger partial charge in [-0.1, -0.05) is 35.9 Å². The number of hydrogen-bond acceptors (Lipinski definition) is 3. The molecule has 0 aromatic heterocycles. The van der Waals surface area contributed by atoms with Crippen LogP contribution in [-0.2, 0) is 21.2 Å². The molecule has 3 rings (SSSR count). The number of sulfonamides is 1. The van der Waals surface area contributed by atoms with Gasteiger partial charge in [0.05, 0.1) is 11.9 Å². The fourth-order valence-corrected chi connectivity index (χ4v) is 4.89. The van der Waals surface area contributed by atoms with Crippen molar-refractivity contribution in [2.24, 2.45) is 0 Å². The van der Waals surface area contributed by atoms with Gasteiger partial charge < -0.3 is 4.90 Å². The second-order valence-corrected chi connectivity index (χ2v) is 9.20. The lowest BCUT2D eigenvalue weighted by Gasteiger charge is -2.32. The lowest BCUT2D eigenvalue weighted by atomic mass is 10.0. The average Bonchev–Trinajstić information content (AvgIpc) is 2.58. The fraction of sp³-hybridized carbons (Fsp3) is 0.381. The highest BCUT2D eigenvalue weighted by atomic mass is 32.2. The molecule has 2 aromatic carbocycles. The topological polar surface area (TPSA) is 57.7 Å². The summed E-state index contributed by atoms with van der Waals surface area (Å²) in [6.45, 7) is 6.16. The maximum atomic E-state index is 13.1. The lowest BCUT2D eigenvalue weighted by molar-refractivity contribution is -0.117. The van der Waals surface area contributed by atoms with Crippen LogP contribution in [0.2, 0.25) is 0 Å². The van der Waals surface area contributed by atoms with Crippen LogP contribution in [0.1, 0.15) is 28.7 Å². The zero-order chi connectivity index (χ0) is 19.8. The molecule has 0 saturated carbocycles. The molecule has 2 aromatic rings. The number of carbonyl (C=O) groups excluding carboxylic acids is 1. The molecule has 0 spiro atoms. The van der Waals surface area contributed by atoms with Crippen LogP contribution in [0.3, 0.4) is 0 Å². The van der Waals surface area contributed by atoms with E-state index in [2.05, 4.69) is 0 Å². The molecular weight excluding hydrogens is 360 g/mol. The molecule has 144 valence electrons. The highest BCUT2D eigenvalue weighted by Gasteiger charge is 2.29. The van der Waals surface area contributed by atoms with Crippen molar-refractivity contribution in [3.05, 3.63) is 58.7 Å². The summed E-state index contributed by atoms with van der Waals surface area (Å²) in [7, 11) is -3.60. The van der Waals surface area contributed by atoms with Gasteiger partial charge in [-0.2, -0.15) is 0 Å². The average molecular weight is 387 g/mol. The van der Waals surface area contributed by atoms with Gasteiger partial charge >= 0.3 is 0 Å². The maximum absolute atomic E-state index is 13.1. The van der Waals surface area contributed by atoms with Crippen LogP contribution in [0.4, 0.5) is 11.4 Å². The molecule has 0 N–H and O–H groups in total. The molecule has 5 nitrogen and oxygen atoms in total. The van der Waals surface area contributed by atoms with E-state index in [0.717, 1.165) is 47.0 Å². The molecule has 0 unspecified atom stereocenters. The van der Waals surface area contributed by atoms with Gasteiger partial charge in [0.25, 0.3) is 0 Å². The Morgan fingerprint density at radius 3 is 2.37 bits per heavy atom. The first-order valence-corrected chi connectivity index (χ1v) is 11.0. The molecule has 0 saturated heterocycles. The SMILES string of the molecule is Cc1cc(C)c(N(CC(=O)N2CCCc3ccccc32)S(C)(=O)=O)c(C)c1. The van der Waals surface area contributed by atoms with Crippen molar-refractivity contribution in [1.82, 2.24) is 0 Å². The molecule has 0 bridgehead atoms. The van der Waals surface area contributed by atoms with Crippen LogP contribution in [0, 0.1) is 20.8 Å². The van der Waals surface area contributed by atoms with Crippen LogP contribution in [-0.4, -0.2) is 33.7 Å². The molecule has 1 heterocycles. The fourth-order valence-electron chi connectivity index (χ4n) is 3.93. The quantitative estimate of drug-likeness (QED) is 0.810. The van der Waals surface area contributed by atoms with E-state index in [1.54, 1.807) is 4.90 Å². The van der Waals surface area contributed by atoms with Crippen molar-refractivity contribution in [3.63, 3.8) is 0 Å². The van der Waals surface area contributed by atoms with Gasteiger partial charge in [0.1, 0.15) is 6.54 Å². The van der Waals surface area contributed by atoms with E-state index < -0.39 is 10.0 Å². The first-order chi connectivity index (χ1) is 12.7. The third kappa shape index (κ3) is 4.00. The van der Waals surface area contributed by atoms with Gasteiger partial charge in [0.2, 0.25) is 15.9 Å². The monoisotopic (exact) mass is 386 g/mol. The van der Waals surface area contributed by atoms with Gasteiger partial charge in [0.15, 0.2) is 0 Å². The van der Waals surface area contributed by atoms with E-state index >= 15 is 0 Å². The second kappa shape index (κ2) is 7.35. The van der Waals surface area contributed by atoms with Crippen molar-refractivity contribution in [2.75, 3.05) is 28.6 Å². The van der Waals surface area contributed by atoms with E-state index in [4.69, 9.17) is 0 Å². The Bertz CT molecular complexity index is 960. The van der Waals surface area contributed by atoms with Gasteiger partial charge in [-0.15, -0.1) is 0 Å². The molecular formula is C21H26N2O3S. The molecule has 6 heteroatoms. The number of fused-ring (bicyclic) bond motifs is 1. The zero-order valence-corrected chi connectivity index (χ0v) is 17.1. The van der Waals surface area contributed by atoms with Crippen LogP contribution in [0.15, 0.2) is 36.4 Å². The number of rotatable bonds is 4. The molecule has 0 atom stereocenters. The number of amides is 1. The third-order valence-corrected chi connectivity index (χ3v) is 6.09. The molecule has 27 heavy (non-hydrogen) atoms. The molecule has 1 amide bonds. The van der Waals surface area contributed by atoms with Crippen LogP contribution < -0.4 is 9.21 Å². The van der Waals surface area contributed by atoms with E-state index in [0.29, 0.717) is 12.2 Å². The Labute approximate surface area is 161 Å². The van der Waals surface area contributed by atoms with Crippen molar-refractivity contribution >= 4 is 27.3 Å². The van der Waals surface area contributed by atoms with Gasteiger partial charge in [0, 0.05) is 12.2 Å². The maximum Gasteiger partial charge on any atom is 0.247 e. The number of hydrogen-bond donors (Lipinski definition) is 0. The van der Waals surface area contributed by atoms with Gasteiger partial charge in [-0.3, -0.25) is 9.10 Å². The number of anilines is 2. The molecule has 0 aliphatic carbocycles. The first kappa shape index (κ1) is 19.4. The summed E-state index contributed by atoms with van der Waals surface area (Å²) in [4.78, 5) is 14.8. The van der Waals surface area contributed by atoms with Crippen molar-refractivity contribution in [1.29, 1.82) is 0 Å². The van der Waals surface area contributed by atoms with Crippen LogP contribution >= 0.6 is 0 Å². The molecule has 1 aliphatic rings. The van der Waals surface area contributed by atoms with E-state index in [-0.39, 0.29) is 12.5 Å². The normalized spacial score (nSPS) is 14.0. The third-order valence-electron chi connectivity index (χ3n) is 4.98. The Hall–Kier alpha value is -2.34. The number of nitrogens with zero attached hydrogens (tertiary/aromatic N) is 2. The van der Waals surface area contributed by atoms with E-state index in [1.807, 2.05) is 57.2 Å². The summed E-state index contributed by atoms with van der Waals surface area (Å²) >= 11 is 0. The molecule has 0 fully saturated rings. The standard InChI is InChI=1S/C21H26N2O3S/c1-15-12-16(2)21(17(3)13-15)23(27(4,25)26)14-20(24)22-11-7-9-18-8-5-6-10-19(18)22/h5-6,8,10,12-13H,7,9,11,14H2,1-4H3. The zero-order valence-electron chi connectivity index (χ0n) is 16.3. The van der Waals surface area contributed by atoms with Crippen LogP contribution in [0.5, 0.6) is 0 Å². The minimum atomic E-state index is -3.60. The number of benzene rings is 2. The predicted molar refractivity (Wildman–Crippen MR) is 110 cm³/mol. The van der Waals surface area contributed by atoms with Gasteiger partial charge in [-0.25, -0.2) is 8.42 Å². The van der Waals surface area contributed by atoms with Crippen molar-refractivity contribution < 1.29 is 13.2 Å². The Balaban J connectivity index is 1.97. The minimum Gasteiger partial charge on any atom is -0.311 e.